The highest BCUT2D eigenvalue weighted by atomic mass is 16.6. The fraction of sp³-hybridized carbons (Fsp3) is 0.500. The van der Waals surface area contributed by atoms with E-state index < -0.39 is 67.0 Å². The van der Waals surface area contributed by atoms with Gasteiger partial charge in [-0.2, -0.15) is 5.26 Å². The molecule has 0 radical (unpaired) electrons. The van der Waals surface area contributed by atoms with Gasteiger partial charge in [-0.3, -0.25) is 19.2 Å². The normalized spacial score (nSPS) is 12.4. The van der Waals surface area contributed by atoms with E-state index in [2.05, 4.69) is 15.4 Å². The number of hydrogen-bond donors (Lipinski definition) is 3. The maximum Gasteiger partial charge on any atom is 0.408 e. The molecule has 0 saturated heterocycles. The van der Waals surface area contributed by atoms with Crippen molar-refractivity contribution in [3.8, 4) is 6.07 Å². The van der Waals surface area contributed by atoms with Crippen LogP contribution in [0.5, 0.6) is 0 Å². The van der Waals surface area contributed by atoms with Gasteiger partial charge in [-0.1, -0.05) is 23.8 Å². The second-order valence-electron chi connectivity index (χ2n) is 9.05. The summed E-state index contributed by atoms with van der Waals surface area (Å²) in [4.78, 5) is 63.4. The second kappa shape index (κ2) is 13.1. The molecule has 0 saturated carbocycles. The molecule has 196 valence electrons. The molecule has 0 bridgehead atoms. The van der Waals surface area contributed by atoms with Gasteiger partial charge in [-0.25, -0.2) is 4.79 Å². The fourth-order valence-corrected chi connectivity index (χ4v) is 3.34. The molecule has 0 aliphatic heterocycles. The molecule has 1 rings (SSSR count). The van der Waals surface area contributed by atoms with E-state index in [4.69, 9.17) is 10.5 Å². The van der Waals surface area contributed by atoms with Crippen LogP contribution in [0.3, 0.4) is 0 Å². The number of carbonyl (C=O) groups is 5. The predicted molar refractivity (Wildman–Crippen MR) is 128 cm³/mol. The van der Waals surface area contributed by atoms with E-state index in [-0.39, 0.29) is 0 Å². The number of nitriles is 1. The van der Waals surface area contributed by atoms with Crippen LogP contribution in [0, 0.1) is 25.2 Å². The van der Waals surface area contributed by atoms with Crippen LogP contribution >= 0.6 is 0 Å². The molecule has 0 fully saturated rings. The van der Waals surface area contributed by atoms with Gasteiger partial charge in [-0.15, -0.1) is 0 Å². The molecule has 2 atom stereocenters. The number of nitrogens with two attached hydrogens (primary N) is 1. The van der Waals surface area contributed by atoms with Crippen molar-refractivity contribution in [2.45, 2.75) is 58.7 Å². The van der Waals surface area contributed by atoms with E-state index in [0.29, 0.717) is 11.1 Å². The summed E-state index contributed by atoms with van der Waals surface area (Å²) < 4.78 is 9.72. The van der Waals surface area contributed by atoms with Crippen molar-refractivity contribution < 1.29 is 33.4 Å². The van der Waals surface area contributed by atoms with Crippen molar-refractivity contribution in [1.29, 1.82) is 5.26 Å². The Morgan fingerprint density at radius 1 is 1.17 bits per heavy atom. The average Bonchev–Trinajstić information content (AvgIpc) is 2.75. The Labute approximate surface area is 210 Å². The number of hydrogen-bond acceptors (Lipinski definition) is 8. The number of benzene rings is 1. The smallest absolute Gasteiger partial charge is 0.408 e. The molecule has 1 aromatic rings. The summed E-state index contributed by atoms with van der Waals surface area (Å²) in [5.41, 5.74) is 6.30. The van der Waals surface area contributed by atoms with Gasteiger partial charge in [0, 0.05) is 0 Å². The number of aryl methyl sites for hydroxylation is 2. The summed E-state index contributed by atoms with van der Waals surface area (Å²) in [5, 5.41) is 14.2. The highest BCUT2D eigenvalue weighted by Gasteiger charge is 2.37. The molecule has 12 heteroatoms. The van der Waals surface area contributed by atoms with Crippen molar-refractivity contribution in [3.05, 3.63) is 34.9 Å². The summed E-state index contributed by atoms with van der Waals surface area (Å²) in [6.07, 6.45) is -1.60. The number of carbonyl (C=O) groups excluding carboxylic acids is 5. The molecule has 4 N–H and O–H groups in total. The van der Waals surface area contributed by atoms with Gasteiger partial charge >= 0.3 is 12.1 Å². The van der Waals surface area contributed by atoms with Gasteiger partial charge in [0.05, 0.1) is 19.6 Å². The van der Waals surface area contributed by atoms with E-state index in [1.54, 1.807) is 45.9 Å². The lowest BCUT2D eigenvalue weighted by Gasteiger charge is -2.33. The molecule has 12 nitrogen and oxygen atoms in total. The maximum absolute atomic E-state index is 13.6. The van der Waals surface area contributed by atoms with E-state index in [9.17, 15) is 29.2 Å². The lowest BCUT2D eigenvalue weighted by Crippen LogP contribution is -2.54. The summed E-state index contributed by atoms with van der Waals surface area (Å²) in [6.45, 7) is 7.34. The lowest BCUT2D eigenvalue weighted by atomic mass is 9.96. The molecule has 0 aliphatic carbocycles. The van der Waals surface area contributed by atoms with Crippen LogP contribution in [0.25, 0.3) is 0 Å². The third-order valence-corrected chi connectivity index (χ3v) is 4.83. The molecule has 36 heavy (non-hydrogen) atoms. The molecule has 1 aromatic carbocycles. The molecule has 0 aliphatic rings. The molecular weight excluding hydrogens is 470 g/mol. The van der Waals surface area contributed by atoms with Crippen LogP contribution in [-0.4, -0.2) is 66.5 Å². The molecule has 0 heterocycles. The molecule has 4 amide bonds. The number of ether oxygens (including phenoxy) is 2. The summed E-state index contributed by atoms with van der Waals surface area (Å²) >= 11 is 0. The zero-order valence-electron chi connectivity index (χ0n) is 21.3. The van der Waals surface area contributed by atoms with Crippen molar-refractivity contribution in [2.75, 3.05) is 20.2 Å². The first-order chi connectivity index (χ1) is 16.7. The first-order valence-electron chi connectivity index (χ1n) is 11.1. The Morgan fingerprint density at radius 2 is 1.81 bits per heavy atom. The summed E-state index contributed by atoms with van der Waals surface area (Å²) in [7, 11) is 1.15. The van der Waals surface area contributed by atoms with E-state index >= 15 is 0 Å². The highest BCUT2D eigenvalue weighted by molar-refractivity contribution is 5.95. The average molecular weight is 504 g/mol. The van der Waals surface area contributed by atoms with Gasteiger partial charge in [0.2, 0.25) is 17.7 Å². The van der Waals surface area contributed by atoms with Crippen LogP contribution in [-0.2, 0) is 28.7 Å². The minimum absolute atomic E-state index is 0.377. The fourth-order valence-electron chi connectivity index (χ4n) is 3.34. The zero-order chi connectivity index (χ0) is 27.6. The molecule has 2 unspecified atom stereocenters. The number of nitrogens with zero attached hydrogens (tertiary/aromatic N) is 2. The van der Waals surface area contributed by atoms with Gasteiger partial charge in [-0.05, 0) is 45.7 Å². The standard InChI is InChI=1S/C24H33N5O7/c1-14-7-8-16(15(2)11-14)20(21(32)27-13-19(31)35-6)29(10-9-25)22(33)17(12-18(26)30)28-23(34)36-24(3,4)5/h7-8,11,17,20H,10,12-13H2,1-6H3,(H2,26,30)(H,27,32)(H,28,34). The van der Waals surface area contributed by atoms with Crippen molar-refractivity contribution in [3.63, 3.8) is 0 Å². The van der Waals surface area contributed by atoms with Gasteiger partial charge in [0.1, 0.15) is 30.8 Å². The van der Waals surface area contributed by atoms with Crippen LogP contribution in [0.1, 0.15) is 49.9 Å². The van der Waals surface area contributed by atoms with Crippen molar-refractivity contribution >= 4 is 29.8 Å². The largest absolute Gasteiger partial charge is 0.468 e. The second-order valence-corrected chi connectivity index (χ2v) is 9.05. The third-order valence-electron chi connectivity index (χ3n) is 4.83. The quantitative estimate of drug-likeness (QED) is 0.309. The highest BCUT2D eigenvalue weighted by Crippen LogP contribution is 2.26. The Morgan fingerprint density at radius 3 is 2.31 bits per heavy atom. The summed E-state index contributed by atoms with van der Waals surface area (Å²) in [6, 6.07) is 4.06. The van der Waals surface area contributed by atoms with Crippen LogP contribution in [0.4, 0.5) is 4.79 Å². The van der Waals surface area contributed by atoms with Gasteiger partial charge < -0.3 is 30.7 Å². The monoisotopic (exact) mass is 503 g/mol. The van der Waals surface area contributed by atoms with E-state index in [1.807, 2.05) is 13.0 Å². The minimum Gasteiger partial charge on any atom is -0.468 e. The minimum atomic E-state index is -1.52. The van der Waals surface area contributed by atoms with Crippen LogP contribution in [0.15, 0.2) is 18.2 Å². The first-order valence-corrected chi connectivity index (χ1v) is 11.1. The third kappa shape index (κ3) is 9.25. The number of rotatable bonds is 10. The number of nitrogens with one attached hydrogen (secondary N) is 2. The molecule has 0 spiro atoms. The van der Waals surface area contributed by atoms with Crippen LogP contribution < -0.4 is 16.4 Å². The number of amides is 4. The van der Waals surface area contributed by atoms with E-state index in [1.165, 1.54) is 0 Å². The topological polar surface area (TPSA) is 181 Å². The van der Waals surface area contributed by atoms with E-state index in [0.717, 1.165) is 17.6 Å². The Balaban J connectivity index is 3.51. The Bertz CT molecular complexity index is 1040. The lowest BCUT2D eigenvalue weighted by molar-refractivity contribution is -0.144. The zero-order valence-corrected chi connectivity index (χ0v) is 21.3. The Hall–Kier alpha value is -4.14. The van der Waals surface area contributed by atoms with Gasteiger partial charge in [0.25, 0.3) is 0 Å². The molecular formula is C24H33N5O7. The summed E-state index contributed by atoms with van der Waals surface area (Å²) in [5.74, 6) is -3.32. The SMILES string of the molecule is COC(=O)CNC(=O)C(c1ccc(C)cc1C)N(CC#N)C(=O)C(CC(N)=O)NC(=O)OC(C)(C)C. The Kier molecular flexibility index (Phi) is 10.9. The molecule has 0 aromatic heterocycles. The van der Waals surface area contributed by atoms with Gasteiger partial charge in [0.15, 0.2) is 0 Å². The maximum atomic E-state index is 13.6. The number of primary amides is 1. The van der Waals surface area contributed by atoms with Crippen molar-refractivity contribution in [2.24, 2.45) is 5.73 Å². The first kappa shape index (κ1) is 29.9. The predicted octanol–water partition coefficient (Wildman–Crippen LogP) is 0.755. The number of alkyl carbamates (subject to hydrolysis) is 1. The number of methoxy groups -OCH3 is 1. The van der Waals surface area contributed by atoms with Crippen molar-refractivity contribution in [1.82, 2.24) is 15.5 Å². The van der Waals surface area contributed by atoms with Crippen LogP contribution in [0.2, 0.25) is 0 Å². The number of esters is 1.